The minimum Gasteiger partial charge on any atom is -0.488 e. The van der Waals surface area contributed by atoms with Crippen LogP contribution in [-0.2, 0) is 6.61 Å². The van der Waals surface area contributed by atoms with E-state index in [1.807, 2.05) is 24.3 Å². The normalized spacial score (nSPS) is 9.75. The van der Waals surface area contributed by atoms with Gasteiger partial charge in [0.15, 0.2) is 0 Å². The summed E-state index contributed by atoms with van der Waals surface area (Å²) in [5.74, 6) is 7.00. The highest BCUT2D eigenvalue weighted by molar-refractivity contribution is 6.19. The first-order valence-electron chi connectivity index (χ1n) is 6.53. The molecule has 0 amide bonds. The van der Waals surface area contributed by atoms with Crippen molar-refractivity contribution in [3.05, 3.63) is 64.7 Å². The van der Waals surface area contributed by atoms with Crippen LogP contribution < -0.4 is 4.74 Å². The van der Waals surface area contributed by atoms with Crippen LogP contribution in [0.15, 0.2) is 42.5 Å². The third-order valence-corrected chi connectivity index (χ3v) is 3.20. The van der Waals surface area contributed by atoms with E-state index in [-0.39, 0.29) is 0 Å². The Kier molecular flexibility index (Phi) is 5.09. The molecule has 0 aliphatic heterocycles. The molecule has 0 heterocycles. The van der Waals surface area contributed by atoms with Gasteiger partial charge in [-0.2, -0.15) is 0 Å². The molecule has 0 bridgehead atoms. The zero-order valence-corrected chi connectivity index (χ0v) is 12.5. The van der Waals surface area contributed by atoms with Gasteiger partial charge in [0.25, 0.3) is 0 Å². The van der Waals surface area contributed by atoms with Crippen molar-refractivity contribution >= 4 is 11.6 Å². The lowest BCUT2D eigenvalue weighted by Gasteiger charge is -2.11. The number of hydrogen-bond acceptors (Lipinski definition) is 1. The minimum atomic E-state index is 0.325. The first-order chi connectivity index (χ1) is 9.70. The van der Waals surface area contributed by atoms with E-state index >= 15 is 0 Å². The predicted octanol–water partition coefficient (Wildman–Crippen LogP) is 4.47. The number of rotatable bonds is 3. The summed E-state index contributed by atoms with van der Waals surface area (Å²) in [6, 6.07) is 14.2. The molecule has 102 valence electrons. The topological polar surface area (TPSA) is 9.23 Å². The third-order valence-electron chi connectivity index (χ3n) is 3.06. The Morgan fingerprint density at radius 1 is 1.10 bits per heavy atom. The second-order valence-corrected chi connectivity index (χ2v) is 4.92. The van der Waals surface area contributed by atoms with Crippen molar-refractivity contribution in [2.45, 2.75) is 20.5 Å². The van der Waals surface area contributed by atoms with Crippen LogP contribution in [0.3, 0.4) is 0 Å². The van der Waals surface area contributed by atoms with Gasteiger partial charge in [-0.25, -0.2) is 0 Å². The van der Waals surface area contributed by atoms with E-state index in [1.54, 1.807) is 0 Å². The fourth-order valence-electron chi connectivity index (χ4n) is 1.94. The first kappa shape index (κ1) is 14.5. The Morgan fingerprint density at radius 2 is 1.90 bits per heavy atom. The van der Waals surface area contributed by atoms with Crippen LogP contribution in [0.4, 0.5) is 0 Å². The predicted molar refractivity (Wildman–Crippen MR) is 84.3 cm³/mol. The smallest absolute Gasteiger partial charge is 0.135 e. The van der Waals surface area contributed by atoms with Gasteiger partial charge >= 0.3 is 0 Å². The lowest BCUT2D eigenvalue weighted by Crippen LogP contribution is -1.99. The molecule has 0 spiro atoms. The molecule has 1 nitrogen and oxygen atoms in total. The van der Waals surface area contributed by atoms with Crippen LogP contribution in [-0.4, -0.2) is 5.88 Å². The maximum Gasteiger partial charge on any atom is 0.135 e. The van der Waals surface area contributed by atoms with Crippen molar-refractivity contribution in [1.29, 1.82) is 0 Å². The zero-order chi connectivity index (χ0) is 14.4. The van der Waals surface area contributed by atoms with E-state index in [2.05, 4.69) is 43.9 Å². The monoisotopic (exact) mass is 284 g/mol. The molecule has 20 heavy (non-hydrogen) atoms. The van der Waals surface area contributed by atoms with Crippen molar-refractivity contribution in [2.75, 3.05) is 5.88 Å². The highest BCUT2D eigenvalue weighted by Gasteiger charge is 2.03. The van der Waals surface area contributed by atoms with Gasteiger partial charge in [0, 0.05) is 0 Å². The summed E-state index contributed by atoms with van der Waals surface area (Å²) in [4.78, 5) is 0. The Hall–Kier alpha value is -1.91. The number of halogens is 1. The summed E-state index contributed by atoms with van der Waals surface area (Å²) in [6.45, 7) is 4.73. The summed E-state index contributed by atoms with van der Waals surface area (Å²) >= 11 is 5.60. The van der Waals surface area contributed by atoms with E-state index < -0.39 is 0 Å². The van der Waals surface area contributed by atoms with Gasteiger partial charge in [-0.3, -0.25) is 0 Å². The molecule has 0 N–H and O–H groups in total. The Labute approximate surface area is 125 Å². The molecular formula is C18H17ClO. The fourth-order valence-corrected chi connectivity index (χ4v) is 2.00. The summed E-state index contributed by atoms with van der Waals surface area (Å²) in [5.41, 5.74) is 4.55. The van der Waals surface area contributed by atoms with Crippen LogP contribution in [0, 0.1) is 25.7 Å². The summed E-state index contributed by atoms with van der Waals surface area (Å²) in [6.07, 6.45) is 0. The minimum absolute atomic E-state index is 0.325. The molecule has 0 aliphatic rings. The quantitative estimate of drug-likeness (QED) is 0.597. The molecule has 0 aliphatic carbocycles. The number of aryl methyl sites for hydroxylation is 2. The van der Waals surface area contributed by atoms with E-state index in [1.165, 1.54) is 16.7 Å². The van der Waals surface area contributed by atoms with E-state index in [4.69, 9.17) is 16.3 Å². The average molecular weight is 285 g/mol. The van der Waals surface area contributed by atoms with Gasteiger partial charge < -0.3 is 4.74 Å². The van der Waals surface area contributed by atoms with Crippen molar-refractivity contribution < 1.29 is 4.74 Å². The van der Waals surface area contributed by atoms with Gasteiger partial charge in [-0.05, 0) is 37.1 Å². The molecular weight excluding hydrogens is 268 g/mol. The number of ether oxygens (including phenoxy) is 1. The van der Waals surface area contributed by atoms with Crippen molar-refractivity contribution in [3.63, 3.8) is 0 Å². The lowest BCUT2D eigenvalue weighted by atomic mass is 10.1. The molecule has 2 aromatic rings. The number of hydrogen-bond donors (Lipinski definition) is 0. The molecule has 0 atom stereocenters. The molecule has 0 aromatic heterocycles. The maximum absolute atomic E-state index is 5.91. The number of para-hydroxylation sites is 1. The van der Waals surface area contributed by atoms with E-state index in [0.29, 0.717) is 12.5 Å². The SMILES string of the molecule is Cc1ccc(C)c(COc2ccccc2C#CCCl)c1. The highest BCUT2D eigenvalue weighted by Crippen LogP contribution is 2.20. The highest BCUT2D eigenvalue weighted by atomic mass is 35.5. The average Bonchev–Trinajstić information content (AvgIpc) is 2.47. The van der Waals surface area contributed by atoms with Gasteiger partial charge in [-0.15, -0.1) is 11.6 Å². The summed E-state index contributed by atoms with van der Waals surface area (Å²) in [7, 11) is 0. The van der Waals surface area contributed by atoms with Crippen molar-refractivity contribution in [2.24, 2.45) is 0 Å². The summed E-state index contributed by atoms with van der Waals surface area (Å²) < 4.78 is 5.91. The molecule has 2 rings (SSSR count). The first-order valence-corrected chi connectivity index (χ1v) is 7.07. The van der Waals surface area contributed by atoms with Crippen molar-refractivity contribution in [1.82, 2.24) is 0 Å². The van der Waals surface area contributed by atoms with Gasteiger partial charge in [0.2, 0.25) is 0 Å². The fraction of sp³-hybridized carbons (Fsp3) is 0.222. The van der Waals surface area contributed by atoms with Crippen LogP contribution in [0.1, 0.15) is 22.3 Å². The maximum atomic E-state index is 5.91. The van der Waals surface area contributed by atoms with Crippen LogP contribution in [0.25, 0.3) is 0 Å². The van der Waals surface area contributed by atoms with Crippen LogP contribution in [0.5, 0.6) is 5.75 Å². The standard InChI is InChI=1S/C18H17ClO/c1-14-9-10-15(2)17(12-14)13-20-18-8-4-3-6-16(18)7-5-11-19/h3-4,6,8-10,12H,11,13H2,1-2H3. The zero-order valence-electron chi connectivity index (χ0n) is 11.7. The van der Waals surface area contributed by atoms with E-state index in [0.717, 1.165) is 11.3 Å². The number of benzene rings is 2. The van der Waals surface area contributed by atoms with Crippen LogP contribution >= 0.6 is 11.6 Å². The molecule has 2 heteroatoms. The Bertz CT molecular complexity index is 650. The van der Waals surface area contributed by atoms with Crippen molar-refractivity contribution in [3.8, 4) is 17.6 Å². The largest absolute Gasteiger partial charge is 0.488 e. The van der Waals surface area contributed by atoms with Gasteiger partial charge in [0.1, 0.15) is 12.4 Å². The molecule has 2 aromatic carbocycles. The van der Waals surface area contributed by atoms with E-state index in [9.17, 15) is 0 Å². The van der Waals surface area contributed by atoms with Crippen LogP contribution in [0.2, 0.25) is 0 Å². The van der Waals surface area contributed by atoms with Gasteiger partial charge in [-0.1, -0.05) is 47.7 Å². The molecule has 0 saturated heterocycles. The van der Waals surface area contributed by atoms with Gasteiger partial charge in [0.05, 0.1) is 11.4 Å². The third kappa shape index (κ3) is 3.79. The Morgan fingerprint density at radius 3 is 2.70 bits per heavy atom. The molecule has 0 unspecified atom stereocenters. The lowest BCUT2D eigenvalue weighted by molar-refractivity contribution is 0.304. The second kappa shape index (κ2) is 7.03. The summed E-state index contributed by atoms with van der Waals surface area (Å²) in [5, 5.41) is 0. The molecule has 0 saturated carbocycles. The molecule has 0 fully saturated rings. The molecule has 0 radical (unpaired) electrons. The Balaban J connectivity index is 2.17. The number of alkyl halides is 1. The second-order valence-electron chi connectivity index (χ2n) is 4.65.